The summed E-state index contributed by atoms with van der Waals surface area (Å²) in [5.74, 6) is -2.50. The molecule has 8 heteroatoms. The van der Waals surface area contributed by atoms with Gasteiger partial charge in [-0.3, -0.25) is 4.79 Å². The zero-order valence-corrected chi connectivity index (χ0v) is 13.7. The highest BCUT2D eigenvalue weighted by Gasteiger charge is 2.35. The molecule has 0 aliphatic heterocycles. The summed E-state index contributed by atoms with van der Waals surface area (Å²) in [5, 5.41) is -0.0795. The lowest BCUT2D eigenvalue weighted by Crippen LogP contribution is -2.16. The van der Waals surface area contributed by atoms with Gasteiger partial charge in [0.25, 0.3) is 5.91 Å². The van der Waals surface area contributed by atoms with Gasteiger partial charge < -0.3 is 4.74 Å². The number of carbonyl (C=O) groups excluding carboxylic acids is 1. The van der Waals surface area contributed by atoms with Gasteiger partial charge in [-0.1, -0.05) is 29.8 Å². The van der Waals surface area contributed by atoms with Crippen molar-refractivity contribution in [2.45, 2.75) is 13.1 Å². The summed E-state index contributed by atoms with van der Waals surface area (Å²) in [6.45, 7) is 1.57. The largest absolute Gasteiger partial charge is 0.477 e. The van der Waals surface area contributed by atoms with Gasteiger partial charge in [0.05, 0.1) is 28.3 Å². The molecule has 2 rings (SSSR count). The van der Waals surface area contributed by atoms with E-state index in [2.05, 4.69) is 4.99 Å². The predicted molar refractivity (Wildman–Crippen MR) is 85.3 cm³/mol. The Hall–Kier alpha value is -2.41. The Labute approximate surface area is 145 Å². The number of alkyl halides is 3. The number of ether oxygens (including phenoxy) is 1. The average molecular weight is 374 g/mol. The molecule has 0 aliphatic carbocycles. The van der Waals surface area contributed by atoms with Crippen molar-refractivity contribution < 1.29 is 27.1 Å². The summed E-state index contributed by atoms with van der Waals surface area (Å²) in [7, 11) is 0. The number of amides is 1. The van der Waals surface area contributed by atoms with E-state index in [1.165, 1.54) is 18.2 Å². The van der Waals surface area contributed by atoms with Crippen molar-refractivity contribution >= 4 is 23.4 Å². The van der Waals surface area contributed by atoms with E-state index in [4.69, 9.17) is 16.3 Å². The predicted octanol–water partition coefficient (Wildman–Crippen LogP) is 5.12. The third kappa shape index (κ3) is 4.36. The van der Waals surface area contributed by atoms with Crippen LogP contribution in [-0.2, 0) is 10.9 Å². The molecule has 0 spiro atoms. The van der Waals surface area contributed by atoms with Gasteiger partial charge in [0.2, 0.25) is 5.90 Å². The summed E-state index contributed by atoms with van der Waals surface area (Å²) < 4.78 is 58.2. The topological polar surface area (TPSA) is 38.7 Å². The average Bonchev–Trinajstić information content (AvgIpc) is 2.54. The van der Waals surface area contributed by atoms with Crippen molar-refractivity contribution in [2.75, 3.05) is 6.61 Å². The number of carbonyl (C=O) groups is 1. The fourth-order valence-corrected chi connectivity index (χ4v) is 2.31. The smallest absolute Gasteiger partial charge is 0.417 e. The maximum Gasteiger partial charge on any atom is 0.417 e. The molecule has 0 saturated carbocycles. The van der Waals surface area contributed by atoms with Crippen LogP contribution in [0.15, 0.2) is 47.5 Å². The second-order valence-corrected chi connectivity index (χ2v) is 5.20. The molecule has 3 nitrogen and oxygen atoms in total. The SMILES string of the molecule is CCOC(=NC(=O)c1ccccc1C(F)(F)F)c1c(F)cccc1Cl. The number of halogens is 5. The number of nitrogens with zero attached hydrogens (tertiary/aromatic N) is 1. The van der Waals surface area contributed by atoms with Crippen LogP contribution in [0.2, 0.25) is 5.02 Å². The molecule has 0 unspecified atom stereocenters. The third-order valence-corrected chi connectivity index (χ3v) is 3.44. The zero-order chi connectivity index (χ0) is 18.6. The van der Waals surface area contributed by atoms with Crippen LogP contribution in [0.1, 0.15) is 28.4 Å². The van der Waals surface area contributed by atoms with Gasteiger partial charge in [0, 0.05) is 0 Å². The highest BCUT2D eigenvalue weighted by Crippen LogP contribution is 2.32. The van der Waals surface area contributed by atoms with Crippen molar-refractivity contribution in [3.63, 3.8) is 0 Å². The first-order valence-corrected chi connectivity index (χ1v) is 7.50. The van der Waals surface area contributed by atoms with E-state index in [-0.39, 0.29) is 17.2 Å². The van der Waals surface area contributed by atoms with Gasteiger partial charge in [-0.15, -0.1) is 0 Å². The van der Waals surface area contributed by atoms with Crippen molar-refractivity contribution in [1.29, 1.82) is 0 Å². The highest BCUT2D eigenvalue weighted by molar-refractivity contribution is 6.34. The van der Waals surface area contributed by atoms with Gasteiger partial charge in [-0.25, -0.2) is 4.39 Å². The zero-order valence-electron chi connectivity index (χ0n) is 12.9. The molecule has 0 bridgehead atoms. The minimum absolute atomic E-state index is 0.0116. The molecule has 2 aromatic carbocycles. The Balaban J connectivity index is 2.54. The molecular weight excluding hydrogens is 362 g/mol. The lowest BCUT2D eigenvalue weighted by molar-refractivity contribution is -0.137. The molecule has 0 N–H and O–H groups in total. The first kappa shape index (κ1) is 18.9. The third-order valence-electron chi connectivity index (χ3n) is 3.12. The van der Waals surface area contributed by atoms with Crippen LogP contribution in [-0.4, -0.2) is 18.4 Å². The summed E-state index contributed by atoms with van der Waals surface area (Å²) >= 11 is 5.90. The van der Waals surface area contributed by atoms with Crippen LogP contribution in [0.5, 0.6) is 0 Å². The summed E-state index contributed by atoms with van der Waals surface area (Å²) in [6.07, 6.45) is -4.73. The maximum atomic E-state index is 14.0. The Morgan fingerprint density at radius 3 is 2.44 bits per heavy atom. The summed E-state index contributed by atoms with van der Waals surface area (Å²) in [6, 6.07) is 7.94. The first-order valence-electron chi connectivity index (χ1n) is 7.12. The Bertz CT molecular complexity index is 798. The molecule has 0 aromatic heterocycles. The van der Waals surface area contributed by atoms with Gasteiger partial charge in [0.15, 0.2) is 0 Å². The van der Waals surface area contributed by atoms with Crippen LogP contribution in [0, 0.1) is 5.82 Å². The number of benzene rings is 2. The van der Waals surface area contributed by atoms with Crippen molar-refractivity contribution in [1.82, 2.24) is 0 Å². The van der Waals surface area contributed by atoms with Gasteiger partial charge >= 0.3 is 6.18 Å². The molecule has 0 heterocycles. The van der Waals surface area contributed by atoms with E-state index < -0.39 is 34.9 Å². The maximum absolute atomic E-state index is 14.0. The normalized spacial score (nSPS) is 12.2. The quantitative estimate of drug-likeness (QED) is 0.425. The molecular formula is C17H12ClF4NO2. The standard InChI is InChI=1S/C17H12ClF4NO2/c1-2-25-16(14-12(18)8-5-9-13(14)19)23-15(24)10-6-3-4-7-11(10)17(20,21)22/h3-9H,2H2,1H3. The Kier molecular flexibility index (Phi) is 5.79. The Morgan fingerprint density at radius 1 is 1.16 bits per heavy atom. The van der Waals surface area contributed by atoms with E-state index in [1.54, 1.807) is 6.92 Å². The molecule has 2 aromatic rings. The molecule has 1 amide bonds. The molecule has 0 saturated heterocycles. The van der Waals surface area contributed by atoms with Crippen LogP contribution < -0.4 is 0 Å². The van der Waals surface area contributed by atoms with Crippen LogP contribution in [0.3, 0.4) is 0 Å². The molecule has 0 radical (unpaired) electrons. The van der Waals surface area contributed by atoms with E-state index in [0.717, 1.165) is 24.3 Å². The fraction of sp³-hybridized carbons (Fsp3) is 0.176. The minimum Gasteiger partial charge on any atom is -0.477 e. The van der Waals surface area contributed by atoms with Crippen molar-refractivity contribution in [2.24, 2.45) is 4.99 Å². The summed E-state index contributed by atoms with van der Waals surface area (Å²) in [5.41, 5.74) is -2.09. The molecule has 132 valence electrons. The lowest BCUT2D eigenvalue weighted by Gasteiger charge is -2.12. The monoisotopic (exact) mass is 373 g/mol. The molecule has 25 heavy (non-hydrogen) atoms. The second kappa shape index (κ2) is 7.65. The highest BCUT2D eigenvalue weighted by atomic mass is 35.5. The van der Waals surface area contributed by atoms with E-state index in [9.17, 15) is 22.4 Å². The van der Waals surface area contributed by atoms with Crippen molar-refractivity contribution in [3.05, 3.63) is 70.0 Å². The number of aliphatic imine (C=N–C) groups is 1. The van der Waals surface area contributed by atoms with Gasteiger partial charge in [0.1, 0.15) is 5.82 Å². The molecule has 0 fully saturated rings. The van der Waals surface area contributed by atoms with Crippen LogP contribution in [0.25, 0.3) is 0 Å². The molecule has 0 atom stereocenters. The number of rotatable bonds is 3. The lowest BCUT2D eigenvalue weighted by atomic mass is 10.1. The van der Waals surface area contributed by atoms with Gasteiger partial charge in [-0.2, -0.15) is 18.2 Å². The van der Waals surface area contributed by atoms with E-state index >= 15 is 0 Å². The Morgan fingerprint density at radius 2 is 1.84 bits per heavy atom. The second-order valence-electron chi connectivity index (χ2n) is 4.80. The van der Waals surface area contributed by atoms with Crippen molar-refractivity contribution in [3.8, 4) is 0 Å². The van der Waals surface area contributed by atoms with E-state index in [1.807, 2.05) is 0 Å². The van der Waals surface area contributed by atoms with Crippen LogP contribution >= 0.6 is 11.6 Å². The fourth-order valence-electron chi connectivity index (χ4n) is 2.07. The summed E-state index contributed by atoms with van der Waals surface area (Å²) in [4.78, 5) is 15.8. The van der Waals surface area contributed by atoms with Gasteiger partial charge in [-0.05, 0) is 31.2 Å². The number of hydrogen-bond acceptors (Lipinski definition) is 2. The minimum atomic E-state index is -4.73. The van der Waals surface area contributed by atoms with E-state index in [0.29, 0.717) is 0 Å². The first-order chi connectivity index (χ1) is 11.8. The molecule has 0 aliphatic rings. The van der Waals surface area contributed by atoms with Crippen LogP contribution in [0.4, 0.5) is 17.6 Å². The number of hydrogen-bond donors (Lipinski definition) is 0.